The number of hydrogen-bond donors (Lipinski definition) is 4. The van der Waals surface area contributed by atoms with Crippen molar-refractivity contribution < 1.29 is 19.8 Å². The lowest BCUT2D eigenvalue weighted by atomic mass is 10.1. The molecule has 27 heavy (non-hydrogen) atoms. The molecule has 0 aliphatic rings. The van der Waals surface area contributed by atoms with Gasteiger partial charge in [0.1, 0.15) is 0 Å². The Morgan fingerprint density at radius 2 is 1.00 bits per heavy atom. The minimum atomic E-state index is -1.21. The average Bonchev–Trinajstić information content (AvgIpc) is 2.65. The van der Waals surface area contributed by atoms with E-state index in [9.17, 15) is 19.8 Å². The van der Waals surface area contributed by atoms with Gasteiger partial charge in [0.2, 0.25) is 0 Å². The zero-order valence-corrected chi connectivity index (χ0v) is 14.2. The molecule has 0 saturated carbocycles. The minimum absolute atomic E-state index is 0.124. The molecule has 0 atom stereocenters. The Morgan fingerprint density at radius 3 is 1.33 bits per heavy atom. The SMILES string of the molecule is Nc1ccc(N(c2ccc(N)cc2)c2cc(C(=O)O)cc(C(=O)O)c2)cc1. The van der Waals surface area contributed by atoms with Gasteiger partial charge in [-0.1, -0.05) is 0 Å². The molecule has 0 radical (unpaired) electrons. The quantitative estimate of drug-likeness (QED) is 0.508. The zero-order valence-electron chi connectivity index (χ0n) is 14.2. The van der Waals surface area contributed by atoms with Crippen LogP contribution in [0.3, 0.4) is 0 Å². The smallest absolute Gasteiger partial charge is 0.335 e. The van der Waals surface area contributed by atoms with Crippen molar-refractivity contribution in [3.05, 3.63) is 77.9 Å². The van der Waals surface area contributed by atoms with Crippen molar-refractivity contribution in [2.75, 3.05) is 16.4 Å². The molecule has 3 aromatic carbocycles. The monoisotopic (exact) mass is 363 g/mol. The zero-order chi connectivity index (χ0) is 19.6. The lowest BCUT2D eigenvalue weighted by Crippen LogP contribution is -2.13. The van der Waals surface area contributed by atoms with Crippen LogP contribution >= 0.6 is 0 Å². The minimum Gasteiger partial charge on any atom is -0.478 e. The summed E-state index contributed by atoms with van der Waals surface area (Å²) in [5, 5.41) is 18.7. The number of rotatable bonds is 5. The number of hydrogen-bond acceptors (Lipinski definition) is 5. The van der Waals surface area contributed by atoms with Crippen molar-refractivity contribution in [2.24, 2.45) is 0 Å². The third-order valence-electron chi connectivity index (χ3n) is 3.97. The third-order valence-corrected chi connectivity index (χ3v) is 3.97. The Labute approximate surface area is 155 Å². The highest BCUT2D eigenvalue weighted by atomic mass is 16.4. The number of carboxylic acids is 2. The van der Waals surface area contributed by atoms with E-state index < -0.39 is 11.9 Å². The maximum atomic E-state index is 11.5. The highest BCUT2D eigenvalue weighted by molar-refractivity contribution is 5.96. The van der Waals surface area contributed by atoms with Gasteiger partial charge in [-0.2, -0.15) is 0 Å². The predicted octanol–water partition coefficient (Wildman–Crippen LogP) is 3.72. The summed E-state index contributed by atoms with van der Waals surface area (Å²) in [6.07, 6.45) is 0. The molecule has 136 valence electrons. The van der Waals surface area contributed by atoms with Crippen LogP contribution in [-0.4, -0.2) is 22.2 Å². The summed E-state index contributed by atoms with van der Waals surface area (Å²) in [5.74, 6) is -2.43. The van der Waals surface area contributed by atoms with Crippen LogP contribution < -0.4 is 16.4 Å². The molecule has 0 heterocycles. The molecule has 0 aliphatic heterocycles. The number of carbonyl (C=O) groups is 2. The van der Waals surface area contributed by atoms with Gasteiger partial charge in [0, 0.05) is 28.4 Å². The molecular formula is C20H17N3O4. The fourth-order valence-electron chi connectivity index (χ4n) is 2.68. The van der Waals surface area contributed by atoms with E-state index in [2.05, 4.69) is 0 Å². The molecule has 0 fully saturated rings. The Bertz CT molecular complexity index is 921. The Morgan fingerprint density at radius 1 is 0.630 bits per heavy atom. The fraction of sp³-hybridized carbons (Fsp3) is 0. The largest absolute Gasteiger partial charge is 0.478 e. The fourth-order valence-corrected chi connectivity index (χ4v) is 2.68. The first kappa shape index (κ1) is 17.8. The van der Waals surface area contributed by atoms with Gasteiger partial charge in [-0.05, 0) is 66.7 Å². The van der Waals surface area contributed by atoms with E-state index in [1.54, 1.807) is 53.4 Å². The maximum Gasteiger partial charge on any atom is 0.335 e. The first-order valence-electron chi connectivity index (χ1n) is 7.98. The molecule has 0 aliphatic carbocycles. The van der Waals surface area contributed by atoms with Gasteiger partial charge in [0.25, 0.3) is 0 Å². The second-order valence-electron chi connectivity index (χ2n) is 5.90. The van der Waals surface area contributed by atoms with Crippen LogP contribution in [0.25, 0.3) is 0 Å². The van der Waals surface area contributed by atoms with E-state index in [0.717, 1.165) is 6.07 Å². The van der Waals surface area contributed by atoms with Crippen LogP contribution in [0.1, 0.15) is 20.7 Å². The number of aromatic carboxylic acids is 2. The summed E-state index contributed by atoms with van der Waals surface area (Å²) in [4.78, 5) is 24.7. The van der Waals surface area contributed by atoms with Gasteiger partial charge in [0.05, 0.1) is 11.1 Å². The molecule has 3 rings (SSSR count). The lowest BCUT2D eigenvalue weighted by Gasteiger charge is -2.26. The van der Waals surface area contributed by atoms with Crippen LogP contribution in [0, 0.1) is 0 Å². The summed E-state index contributed by atoms with van der Waals surface area (Å²) >= 11 is 0. The highest BCUT2D eigenvalue weighted by Crippen LogP contribution is 2.36. The number of nitrogen functional groups attached to an aromatic ring is 2. The molecule has 0 aromatic heterocycles. The summed E-state index contributed by atoms with van der Waals surface area (Å²) in [5.41, 5.74) is 14.2. The Balaban J connectivity index is 2.24. The molecule has 7 nitrogen and oxygen atoms in total. The number of nitrogens with zero attached hydrogens (tertiary/aromatic N) is 1. The van der Waals surface area contributed by atoms with E-state index in [0.29, 0.717) is 28.4 Å². The topological polar surface area (TPSA) is 130 Å². The average molecular weight is 363 g/mol. The van der Waals surface area contributed by atoms with Gasteiger partial charge in [0.15, 0.2) is 0 Å². The van der Waals surface area contributed by atoms with Crippen molar-refractivity contribution in [1.29, 1.82) is 0 Å². The Hall–Kier alpha value is -4.00. The third kappa shape index (κ3) is 3.82. The van der Waals surface area contributed by atoms with Crippen LogP contribution in [0.15, 0.2) is 66.7 Å². The lowest BCUT2D eigenvalue weighted by molar-refractivity contribution is 0.0696. The van der Waals surface area contributed by atoms with Crippen molar-refractivity contribution in [3.8, 4) is 0 Å². The van der Waals surface area contributed by atoms with Crippen LogP contribution in [0.5, 0.6) is 0 Å². The summed E-state index contributed by atoms with van der Waals surface area (Å²) in [6, 6.07) is 17.8. The van der Waals surface area contributed by atoms with Crippen molar-refractivity contribution >= 4 is 40.4 Å². The number of benzene rings is 3. The molecule has 0 amide bonds. The van der Waals surface area contributed by atoms with E-state index in [1.165, 1.54) is 12.1 Å². The van der Waals surface area contributed by atoms with E-state index in [-0.39, 0.29) is 11.1 Å². The van der Waals surface area contributed by atoms with Crippen LogP contribution in [0.2, 0.25) is 0 Å². The van der Waals surface area contributed by atoms with Gasteiger partial charge in [-0.3, -0.25) is 0 Å². The summed E-state index contributed by atoms with van der Waals surface area (Å²) in [6.45, 7) is 0. The molecular weight excluding hydrogens is 346 g/mol. The number of carboxylic acid groups (broad SMARTS) is 2. The van der Waals surface area contributed by atoms with Crippen LogP contribution in [-0.2, 0) is 0 Å². The second-order valence-corrected chi connectivity index (χ2v) is 5.90. The molecule has 0 unspecified atom stereocenters. The van der Waals surface area contributed by atoms with E-state index >= 15 is 0 Å². The van der Waals surface area contributed by atoms with E-state index in [4.69, 9.17) is 11.5 Å². The molecule has 0 spiro atoms. The first-order chi connectivity index (χ1) is 12.8. The number of anilines is 5. The molecule has 0 saturated heterocycles. The van der Waals surface area contributed by atoms with Gasteiger partial charge in [-0.15, -0.1) is 0 Å². The second kappa shape index (κ2) is 7.09. The van der Waals surface area contributed by atoms with Crippen molar-refractivity contribution in [3.63, 3.8) is 0 Å². The first-order valence-corrected chi connectivity index (χ1v) is 7.98. The molecule has 7 heteroatoms. The number of nitrogens with two attached hydrogens (primary N) is 2. The summed E-state index contributed by atoms with van der Waals surface area (Å²) in [7, 11) is 0. The normalized spacial score (nSPS) is 10.4. The Kier molecular flexibility index (Phi) is 4.68. The molecule has 0 bridgehead atoms. The molecule has 6 N–H and O–H groups in total. The van der Waals surface area contributed by atoms with Gasteiger partial charge >= 0.3 is 11.9 Å². The predicted molar refractivity (Wildman–Crippen MR) is 104 cm³/mol. The van der Waals surface area contributed by atoms with Crippen molar-refractivity contribution in [2.45, 2.75) is 0 Å². The van der Waals surface area contributed by atoms with Crippen LogP contribution in [0.4, 0.5) is 28.4 Å². The molecule has 3 aromatic rings. The van der Waals surface area contributed by atoms with Crippen molar-refractivity contribution in [1.82, 2.24) is 0 Å². The summed E-state index contributed by atoms with van der Waals surface area (Å²) < 4.78 is 0. The van der Waals surface area contributed by atoms with Gasteiger partial charge < -0.3 is 26.6 Å². The van der Waals surface area contributed by atoms with Gasteiger partial charge in [-0.25, -0.2) is 9.59 Å². The highest BCUT2D eigenvalue weighted by Gasteiger charge is 2.18. The van der Waals surface area contributed by atoms with E-state index in [1.807, 2.05) is 0 Å². The standard InChI is InChI=1S/C20H17N3O4/c21-14-1-5-16(6-2-14)23(17-7-3-15(22)4-8-17)18-10-12(19(24)25)9-13(11-18)20(26)27/h1-11H,21-22H2,(H,24,25)(H,26,27). The maximum absolute atomic E-state index is 11.5.